The largest absolute Gasteiger partial charge is 0.484 e. The van der Waals surface area contributed by atoms with Crippen LogP contribution in [0.15, 0.2) is 48.5 Å². The van der Waals surface area contributed by atoms with Gasteiger partial charge in [-0.15, -0.1) is 0 Å². The monoisotopic (exact) mass is 468 g/mol. The second kappa shape index (κ2) is 13.6. The molecule has 5 N–H and O–H groups in total. The van der Waals surface area contributed by atoms with Crippen LogP contribution in [0.1, 0.15) is 43.7 Å². The lowest BCUT2D eigenvalue weighted by Gasteiger charge is -2.17. The van der Waals surface area contributed by atoms with Crippen LogP contribution >= 0.6 is 0 Å². The quantitative estimate of drug-likeness (QED) is 0.154. The van der Waals surface area contributed by atoms with E-state index in [-0.39, 0.29) is 30.7 Å². The summed E-state index contributed by atoms with van der Waals surface area (Å²) < 4.78 is 10.3. The number of hydrogen-bond acceptors (Lipinski definition) is 6. The number of nitrogen functional groups attached to an aromatic ring is 1. The molecule has 2 aromatic carbocycles. The van der Waals surface area contributed by atoms with E-state index in [0.29, 0.717) is 23.4 Å². The molecule has 0 saturated heterocycles. The smallest absolute Gasteiger partial charge is 0.328 e. The van der Waals surface area contributed by atoms with E-state index in [1.165, 1.54) is 7.11 Å². The normalized spacial score (nSPS) is 11.2. The maximum absolute atomic E-state index is 12.2. The van der Waals surface area contributed by atoms with Crippen molar-refractivity contribution >= 4 is 29.3 Å². The maximum atomic E-state index is 12.2. The van der Waals surface area contributed by atoms with E-state index in [4.69, 9.17) is 20.6 Å². The van der Waals surface area contributed by atoms with Gasteiger partial charge in [-0.1, -0.05) is 31.9 Å². The van der Waals surface area contributed by atoms with Crippen molar-refractivity contribution in [2.75, 3.05) is 19.0 Å². The molecule has 0 bridgehead atoms. The molecule has 1 atom stereocenters. The maximum Gasteiger partial charge on any atom is 0.328 e. The Kier molecular flexibility index (Phi) is 10.6. The van der Waals surface area contributed by atoms with Crippen molar-refractivity contribution in [3.8, 4) is 5.75 Å². The van der Waals surface area contributed by atoms with E-state index in [0.717, 1.165) is 24.8 Å². The van der Waals surface area contributed by atoms with Gasteiger partial charge in [-0.2, -0.15) is 0 Å². The number of methoxy groups -OCH3 is 1. The number of nitrogens with two attached hydrogens (primary N) is 1. The van der Waals surface area contributed by atoms with Crippen LogP contribution in [0.25, 0.3) is 0 Å². The van der Waals surface area contributed by atoms with E-state index in [1.807, 2.05) is 0 Å². The minimum Gasteiger partial charge on any atom is -0.484 e. The second-order valence-electron chi connectivity index (χ2n) is 7.78. The highest BCUT2D eigenvalue weighted by Gasteiger charge is 2.21. The third-order valence-electron chi connectivity index (χ3n) is 5.04. The van der Waals surface area contributed by atoms with Gasteiger partial charge >= 0.3 is 5.97 Å². The van der Waals surface area contributed by atoms with Gasteiger partial charge in [-0.05, 0) is 48.4 Å². The summed E-state index contributed by atoms with van der Waals surface area (Å²) in [6.45, 7) is 1.87. The number of carbonyl (C=O) groups excluding carboxylic acids is 3. The van der Waals surface area contributed by atoms with Crippen LogP contribution in [0.3, 0.4) is 0 Å². The lowest BCUT2D eigenvalue weighted by Crippen LogP contribution is -2.43. The predicted octanol–water partition coefficient (Wildman–Crippen LogP) is 2.77. The Bertz CT molecular complexity index is 974. The second-order valence-corrected chi connectivity index (χ2v) is 7.78. The molecule has 0 radical (unpaired) electrons. The first-order valence-corrected chi connectivity index (χ1v) is 11.2. The Morgan fingerprint density at radius 1 is 1.00 bits per heavy atom. The molecule has 0 aliphatic carbocycles. The molecule has 9 heteroatoms. The van der Waals surface area contributed by atoms with Gasteiger partial charge < -0.3 is 25.8 Å². The molecular weight excluding hydrogens is 436 g/mol. The molecular formula is C25H32N4O5. The van der Waals surface area contributed by atoms with Crippen LogP contribution in [-0.4, -0.2) is 43.4 Å². The Balaban J connectivity index is 1.87. The highest BCUT2D eigenvalue weighted by molar-refractivity contribution is 5.95. The van der Waals surface area contributed by atoms with Crippen molar-refractivity contribution in [1.82, 2.24) is 5.32 Å². The molecule has 0 fully saturated rings. The lowest BCUT2D eigenvalue weighted by atomic mass is 10.0. The first kappa shape index (κ1) is 26.4. The molecule has 0 unspecified atom stereocenters. The fourth-order valence-corrected chi connectivity index (χ4v) is 3.17. The van der Waals surface area contributed by atoms with E-state index in [9.17, 15) is 14.4 Å². The summed E-state index contributed by atoms with van der Waals surface area (Å²) in [5, 5.41) is 12.9. The van der Waals surface area contributed by atoms with Crippen LogP contribution in [0, 0.1) is 5.41 Å². The topological polar surface area (TPSA) is 144 Å². The van der Waals surface area contributed by atoms with Gasteiger partial charge in [0, 0.05) is 24.1 Å². The Morgan fingerprint density at radius 2 is 1.68 bits per heavy atom. The van der Waals surface area contributed by atoms with Crippen molar-refractivity contribution in [2.24, 2.45) is 5.73 Å². The summed E-state index contributed by atoms with van der Waals surface area (Å²) in [6.07, 6.45) is 3.39. The number of amidine groups is 1. The molecule has 0 spiro atoms. The number of esters is 1. The summed E-state index contributed by atoms with van der Waals surface area (Å²) in [7, 11) is 1.29. The molecule has 9 nitrogen and oxygen atoms in total. The molecule has 0 saturated carbocycles. The molecule has 34 heavy (non-hydrogen) atoms. The van der Waals surface area contributed by atoms with E-state index < -0.39 is 12.0 Å². The van der Waals surface area contributed by atoms with Crippen molar-refractivity contribution in [3.63, 3.8) is 0 Å². The minimum atomic E-state index is -0.776. The molecule has 0 heterocycles. The standard InChI is InChI=1S/C25H32N4O5/c1-3-4-5-6-22(30)29-21(25(32)33-2)15-17-7-11-19(12-8-17)28-23(31)16-34-20-13-9-18(10-14-20)24(26)27/h7-14,21H,3-6,15-16H2,1-2H3,(H3,26,27)(H,28,31)(H,29,30)/t21-/m0/s1. The third kappa shape index (κ3) is 8.93. The summed E-state index contributed by atoms with van der Waals surface area (Å²) in [6, 6.07) is 12.8. The third-order valence-corrected chi connectivity index (χ3v) is 5.04. The van der Waals surface area contributed by atoms with Crippen LogP contribution in [0.2, 0.25) is 0 Å². The number of unbranched alkanes of at least 4 members (excludes halogenated alkanes) is 2. The van der Waals surface area contributed by atoms with Gasteiger partial charge in [0.15, 0.2) is 6.61 Å². The summed E-state index contributed by atoms with van der Waals surface area (Å²) >= 11 is 0. The fraction of sp³-hybridized carbons (Fsp3) is 0.360. The van der Waals surface area contributed by atoms with Crippen LogP contribution < -0.4 is 21.1 Å². The Labute approximate surface area is 199 Å². The van der Waals surface area contributed by atoms with Gasteiger partial charge in [0.05, 0.1) is 7.11 Å². The highest BCUT2D eigenvalue weighted by Crippen LogP contribution is 2.14. The van der Waals surface area contributed by atoms with E-state index in [1.54, 1.807) is 48.5 Å². The zero-order valence-electron chi connectivity index (χ0n) is 19.6. The van der Waals surface area contributed by atoms with Crippen molar-refractivity contribution in [3.05, 3.63) is 59.7 Å². The molecule has 0 aromatic heterocycles. The molecule has 2 amide bonds. The first-order chi connectivity index (χ1) is 16.3. The number of ether oxygens (including phenoxy) is 2. The lowest BCUT2D eigenvalue weighted by molar-refractivity contribution is -0.145. The van der Waals surface area contributed by atoms with Gasteiger partial charge in [-0.25, -0.2) is 4.79 Å². The summed E-state index contributed by atoms with van der Waals surface area (Å²) in [5.41, 5.74) is 7.36. The van der Waals surface area contributed by atoms with Crippen molar-refractivity contribution in [1.29, 1.82) is 5.41 Å². The molecule has 182 valence electrons. The number of nitrogens with one attached hydrogen (secondary N) is 3. The van der Waals surface area contributed by atoms with Crippen LogP contribution in [0.5, 0.6) is 5.75 Å². The van der Waals surface area contributed by atoms with Gasteiger partial charge in [-0.3, -0.25) is 15.0 Å². The average molecular weight is 469 g/mol. The number of hydrogen-bond donors (Lipinski definition) is 4. The predicted molar refractivity (Wildman–Crippen MR) is 130 cm³/mol. The number of amides is 2. The molecule has 2 aromatic rings. The van der Waals surface area contributed by atoms with Crippen LogP contribution in [-0.2, 0) is 25.5 Å². The Morgan fingerprint density at radius 3 is 2.26 bits per heavy atom. The SMILES string of the molecule is CCCCCC(=O)N[C@@H](Cc1ccc(NC(=O)COc2ccc(C(=N)N)cc2)cc1)C(=O)OC. The first-order valence-electron chi connectivity index (χ1n) is 11.2. The number of rotatable bonds is 13. The Hall–Kier alpha value is -3.88. The minimum absolute atomic E-state index is 0.0417. The summed E-state index contributed by atoms with van der Waals surface area (Å²) in [4.78, 5) is 36.4. The number of carbonyl (C=O) groups is 3. The zero-order valence-corrected chi connectivity index (χ0v) is 19.6. The van der Waals surface area contributed by atoms with Crippen molar-refractivity contribution in [2.45, 2.75) is 45.1 Å². The van der Waals surface area contributed by atoms with E-state index in [2.05, 4.69) is 17.6 Å². The molecule has 0 aliphatic rings. The van der Waals surface area contributed by atoms with Crippen LogP contribution in [0.4, 0.5) is 5.69 Å². The molecule has 0 aliphatic heterocycles. The number of anilines is 1. The summed E-state index contributed by atoms with van der Waals surface area (Å²) in [5.74, 6) is -0.574. The average Bonchev–Trinajstić information content (AvgIpc) is 2.83. The van der Waals surface area contributed by atoms with Gasteiger partial charge in [0.2, 0.25) is 5.91 Å². The fourth-order valence-electron chi connectivity index (χ4n) is 3.17. The number of benzene rings is 2. The zero-order chi connectivity index (χ0) is 24.9. The van der Waals surface area contributed by atoms with E-state index >= 15 is 0 Å². The van der Waals surface area contributed by atoms with Gasteiger partial charge in [0.25, 0.3) is 5.91 Å². The van der Waals surface area contributed by atoms with Crippen molar-refractivity contribution < 1.29 is 23.9 Å². The molecule has 2 rings (SSSR count). The highest BCUT2D eigenvalue weighted by atomic mass is 16.5. The van der Waals surface area contributed by atoms with Gasteiger partial charge in [0.1, 0.15) is 17.6 Å².